The standard InChI is InChI=1S/C12H18BrClOSi/c1-12(2,3)16(4,5)15-11-7-6-9(13)8-10(11)14/h6-8H,1-5H3. The minimum Gasteiger partial charge on any atom is -0.543 e. The Hall–Kier alpha value is 0.00688. The van der Waals surface area contributed by atoms with Crippen LogP contribution in [0.2, 0.25) is 23.2 Å². The van der Waals surface area contributed by atoms with E-state index in [2.05, 4.69) is 49.8 Å². The van der Waals surface area contributed by atoms with Crippen LogP contribution in [0.15, 0.2) is 22.7 Å². The van der Waals surface area contributed by atoms with Gasteiger partial charge in [0.25, 0.3) is 8.32 Å². The van der Waals surface area contributed by atoms with Gasteiger partial charge in [-0.3, -0.25) is 0 Å². The first kappa shape index (κ1) is 14.1. The third kappa shape index (κ3) is 3.25. The molecule has 0 amide bonds. The van der Waals surface area contributed by atoms with E-state index < -0.39 is 8.32 Å². The first-order valence-corrected chi connectivity index (χ1v) is 9.35. The number of benzene rings is 1. The molecule has 0 aromatic heterocycles. The van der Waals surface area contributed by atoms with Gasteiger partial charge < -0.3 is 4.43 Å². The van der Waals surface area contributed by atoms with Crippen molar-refractivity contribution in [3.63, 3.8) is 0 Å². The molecular weight excluding hydrogens is 304 g/mol. The van der Waals surface area contributed by atoms with Gasteiger partial charge in [-0.25, -0.2) is 0 Å². The smallest absolute Gasteiger partial charge is 0.250 e. The van der Waals surface area contributed by atoms with Crippen molar-refractivity contribution >= 4 is 35.8 Å². The highest BCUT2D eigenvalue weighted by Crippen LogP contribution is 2.39. The lowest BCUT2D eigenvalue weighted by molar-refractivity contribution is 0.492. The molecule has 1 aromatic rings. The molecule has 0 bridgehead atoms. The van der Waals surface area contributed by atoms with E-state index in [1.807, 2.05) is 18.2 Å². The summed E-state index contributed by atoms with van der Waals surface area (Å²) in [4.78, 5) is 0. The Kier molecular flexibility index (Phi) is 4.14. The summed E-state index contributed by atoms with van der Waals surface area (Å²) >= 11 is 9.54. The maximum Gasteiger partial charge on any atom is 0.250 e. The summed E-state index contributed by atoms with van der Waals surface area (Å²) in [7, 11) is -1.79. The van der Waals surface area contributed by atoms with Gasteiger partial charge in [0.2, 0.25) is 0 Å². The topological polar surface area (TPSA) is 9.23 Å². The average molecular weight is 322 g/mol. The molecule has 90 valence electrons. The number of hydrogen-bond donors (Lipinski definition) is 0. The molecule has 0 N–H and O–H groups in total. The van der Waals surface area contributed by atoms with Crippen LogP contribution in [0.25, 0.3) is 0 Å². The van der Waals surface area contributed by atoms with Crippen molar-refractivity contribution in [3.8, 4) is 5.75 Å². The van der Waals surface area contributed by atoms with Gasteiger partial charge >= 0.3 is 0 Å². The number of halogens is 2. The maximum atomic E-state index is 6.15. The van der Waals surface area contributed by atoms with Crippen molar-refractivity contribution in [2.75, 3.05) is 0 Å². The molecule has 0 aliphatic heterocycles. The molecule has 16 heavy (non-hydrogen) atoms. The molecule has 0 radical (unpaired) electrons. The highest BCUT2D eigenvalue weighted by molar-refractivity contribution is 9.10. The fourth-order valence-corrected chi connectivity index (χ4v) is 2.80. The molecule has 0 saturated heterocycles. The second-order valence-corrected chi connectivity index (χ2v) is 11.5. The molecule has 0 saturated carbocycles. The van der Waals surface area contributed by atoms with Crippen LogP contribution in [-0.4, -0.2) is 8.32 Å². The van der Waals surface area contributed by atoms with Crippen LogP contribution < -0.4 is 4.43 Å². The van der Waals surface area contributed by atoms with Gasteiger partial charge in [0, 0.05) is 4.47 Å². The zero-order valence-electron chi connectivity index (χ0n) is 10.4. The van der Waals surface area contributed by atoms with Gasteiger partial charge in [-0.2, -0.15) is 0 Å². The van der Waals surface area contributed by atoms with Gasteiger partial charge in [0.1, 0.15) is 5.75 Å². The van der Waals surface area contributed by atoms with Crippen LogP contribution in [0.5, 0.6) is 5.75 Å². The van der Waals surface area contributed by atoms with Crippen LogP contribution in [0.1, 0.15) is 20.8 Å². The quantitative estimate of drug-likeness (QED) is 0.655. The highest BCUT2D eigenvalue weighted by atomic mass is 79.9. The Bertz CT molecular complexity index is 385. The second kappa shape index (κ2) is 4.71. The molecular formula is C12H18BrClOSi. The van der Waals surface area contributed by atoms with E-state index in [0.717, 1.165) is 10.2 Å². The normalized spacial score (nSPS) is 12.7. The molecule has 0 fully saturated rings. The van der Waals surface area contributed by atoms with Crippen LogP contribution in [-0.2, 0) is 0 Å². The highest BCUT2D eigenvalue weighted by Gasteiger charge is 2.39. The van der Waals surface area contributed by atoms with E-state index >= 15 is 0 Å². The Morgan fingerprint density at radius 2 is 1.81 bits per heavy atom. The first-order chi connectivity index (χ1) is 7.13. The lowest BCUT2D eigenvalue weighted by atomic mass is 10.2. The molecule has 1 aromatic carbocycles. The lowest BCUT2D eigenvalue weighted by Crippen LogP contribution is -2.43. The van der Waals surface area contributed by atoms with E-state index in [1.165, 1.54) is 0 Å². The van der Waals surface area contributed by atoms with Crippen LogP contribution >= 0.6 is 27.5 Å². The van der Waals surface area contributed by atoms with Crippen molar-refractivity contribution in [1.29, 1.82) is 0 Å². The first-order valence-electron chi connectivity index (χ1n) is 5.27. The summed E-state index contributed by atoms with van der Waals surface area (Å²) in [5, 5.41) is 0.850. The molecule has 0 heterocycles. The Balaban J connectivity index is 2.97. The van der Waals surface area contributed by atoms with Crippen molar-refractivity contribution in [2.24, 2.45) is 0 Å². The molecule has 0 unspecified atom stereocenters. The van der Waals surface area contributed by atoms with Crippen molar-refractivity contribution in [1.82, 2.24) is 0 Å². The van der Waals surface area contributed by atoms with Gasteiger partial charge in [-0.05, 0) is 36.3 Å². The fourth-order valence-electron chi connectivity index (χ4n) is 0.986. The molecule has 0 spiro atoms. The fraction of sp³-hybridized carbons (Fsp3) is 0.500. The third-order valence-electron chi connectivity index (χ3n) is 3.07. The lowest BCUT2D eigenvalue weighted by Gasteiger charge is -2.36. The van der Waals surface area contributed by atoms with E-state index in [4.69, 9.17) is 16.0 Å². The van der Waals surface area contributed by atoms with Gasteiger partial charge in [0.15, 0.2) is 0 Å². The predicted octanol–water partition coefficient (Wildman–Crippen LogP) is 5.49. The number of rotatable bonds is 2. The number of hydrogen-bond acceptors (Lipinski definition) is 1. The van der Waals surface area contributed by atoms with Crippen molar-refractivity contribution in [2.45, 2.75) is 38.9 Å². The van der Waals surface area contributed by atoms with Crippen LogP contribution in [0, 0.1) is 0 Å². The Morgan fingerprint density at radius 3 is 2.25 bits per heavy atom. The Labute approximate surface area is 112 Å². The monoisotopic (exact) mass is 320 g/mol. The van der Waals surface area contributed by atoms with Crippen LogP contribution in [0.4, 0.5) is 0 Å². The molecule has 0 aliphatic rings. The van der Waals surface area contributed by atoms with Gasteiger partial charge in [-0.1, -0.05) is 48.3 Å². The molecule has 0 aliphatic carbocycles. The van der Waals surface area contributed by atoms with E-state index in [9.17, 15) is 0 Å². The Morgan fingerprint density at radius 1 is 1.25 bits per heavy atom. The SMILES string of the molecule is CC(C)(C)[Si](C)(C)Oc1ccc(Br)cc1Cl. The summed E-state index contributed by atoms with van der Waals surface area (Å²) in [6.07, 6.45) is 0. The molecule has 1 rings (SSSR count). The molecule has 1 nitrogen and oxygen atoms in total. The van der Waals surface area contributed by atoms with Crippen molar-refractivity contribution < 1.29 is 4.43 Å². The molecule has 4 heteroatoms. The third-order valence-corrected chi connectivity index (χ3v) is 8.20. The van der Waals surface area contributed by atoms with Crippen LogP contribution in [0.3, 0.4) is 0 Å². The summed E-state index contributed by atoms with van der Waals surface area (Å²) in [5.74, 6) is 0.788. The second-order valence-electron chi connectivity index (χ2n) is 5.44. The summed E-state index contributed by atoms with van der Waals surface area (Å²) < 4.78 is 7.11. The van der Waals surface area contributed by atoms with Crippen molar-refractivity contribution in [3.05, 3.63) is 27.7 Å². The predicted molar refractivity (Wildman–Crippen MR) is 77.0 cm³/mol. The largest absolute Gasteiger partial charge is 0.543 e. The van der Waals surface area contributed by atoms with E-state index in [-0.39, 0.29) is 5.04 Å². The minimum atomic E-state index is -1.79. The van der Waals surface area contributed by atoms with Gasteiger partial charge in [0.05, 0.1) is 5.02 Å². The van der Waals surface area contributed by atoms with E-state index in [1.54, 1.807) is 0 Å². The summed E-state index contributed by atoms with van der Waals surface area (Å²) in [5.41, 5.74) is 0. The average Bonchev–Trinajstić information content (AvgIpc) is 2.08. The molecule has 0 atom stereocenters. The minimum absolute atomic E-state index is 0.184. The van der Waals surface area contributed by atoms with Gasteiger partial charge in [-0.15, -0.1) is 0 Å². The van der Waals surface area contributed by atoms with E-state index in [0.29, 0.717) is 5.02 Å². The zero-order chi connectivity index (χ0) is 12.6. The summed E-state index contributed by atoms with van der Waals surface area (Å²) in [6.45, 7) is 11.1. The zero-order valence-corrected chi connectivity index (χ0v) is 13.7. The summed E-state index contributed by atoms with van der Waals surface area (Å²) in [6, 6.07) is 5.74. The maximum absolute atomic E-state index is 6.15.